The molecular weight excluding hydrogens is 260 g/mol. The maximum absolute atomic E-state index is 9.84. The first kappa shape index (κ1) is 16.3. The lowest BCUT2D eigenvalue weighted by Gasteiger charge is -2.26. The van der Waals surface area contributed by atoms with E-state index >= 15 is 0 Å². The molecule has 4 heteroatoms. The summed E-state index contributed by atoms with van der Waals surface area (Å²) in [5, 5.41) is 13.6. The van der Waals surface area contributed by atoms with Gasteiger partial charge in [0.2, 0.25) is 0 Å². The standard InChI is InChI=1S/C15H25ClN2O/c1-11(2)8-13(18(3)4)10-17-9-12-6-5-7-14(16)15(12)19/h5-7,11,13,17,19H,8-10H2,1-4H3. The SMILES string of the molecule is CC(C)CC(CNCc1cccc(Cl)c1O)N(C)C. The van der Waals surface area contributed by atoms with Gasteiger partial charge in [-0.15, -0.1) is 0 Å². The molecule has 0 amide bonds. The van der Waals surface area contributed by atoms with E-state index in [0.717, 1.165) is 18.5 Å². The molecule has 1 aromatic carbocycles. The maximum Gasteiger partial charge on any atom is 0.138 e. The van der Waals surface area contributed by atoms with Gasteiger partial charge in [-0.25, -0.2) is 0 Å². The van der Waals surface area contributed by atoms with Crippen LogP contribution >= 0.6 is 11.6 Å². The van der Waals surface area contributed by atoms with Crippen molar-refractivity contribution in [2.75, 3.05) is 20.6 Å². The second-order valence-corrected chi connectivity index (χ2v) is 6.03. The molecule has 0 heterocycles. The largest absolute Gasteiger partial charge is 0.506 e. The number of aromatic hydroxyl groups is 1. The van der Waals surface area contributed by atoms with Crippen molar-refractivity contribution in [3.63, 3.8) is 0 Å². The molecule has 1 aromatic rings. The third-order valence-corrected chi connectivity index (χ3v) is 3.54. The lowest BCUT2D eigenvalue weighted by atomic mass is 10.0. The van der Waals surface area contributed by atoms with Crippen LogP contribution in [0.25, 0.3) is 0 Å². The Labute approximate surface area is 121 Å². The lowest BCUT2D eigenvalue weighted by molar-refractivity contribution is 0.246. The molecule has 1 unspecified atom stereocenters. The molecule has 0 aliphatic rings. The minimum absolute atomic E-state index is 0.182. The molecule has 0 radical (unpaired) electrons. The van der Waals surface area contributed by atoms with Crippen LogP contribution in [0.4, 0.5) is 0 Å². The van der Waals surface area contributed by atoms with Gasteiger partial charge in [0.1, 0.15) is 5.75 Å². The van der Waals surface area contributed by atoms with Crippen LogP contribution < -0.4 is 5.32 Å². The van der Waals surface area contributed by atoms with E-state index in [-0.39, 0.29) is 5.75 Å². The monoisotopic (exact) mass is 284 g/mol. The Morgan fingerprint density at radius 3 is 2.58 bits per heavy atom. The van der Waals surface area contributed by atoms with Crippen molar-refractivity contribution in [2.45, 2.75) is 32.9 Å². The number of rotatable bonds is 7. The zero-order valence-electron chi connectivity index (χ0n) is 12.3. The summed E-state index contributed by atoms with van der Waals surface area (Å²) in [4.78, 5) is 2.24. The van der Waals surface area contributed by atoms with E-state index in [1.165, 1.54) is 0 Å². The van der Waals surface area contributed by atoms with Gasteiger partial charge in [0.15, 0.2) is 0 Å². The number of phenolic OH excluding ortho intramolecular Hbond substituents is 1. The van der Waals surface area contributed by atoms with Crippen LogP contribution in [-0.2, 0) is 6.54 Å². The molecule has 0 aliphatic heterocycles. The Kier molecular flexibility index (Phi) is 6.63. The highest BCUT2D eigenvalue weighted by Crippen LogP contribution is 2.26. The fourth-order valence-corrected chi connectivity index (χ4v) is 2.29. The van der Waals surface area contributed by atoms with E-state index < -0.39 is 0 Å². The van der Waals surface area contributed by atoms with Gasteiger partial charge in [0, 0.05) is 24.7 Å². The van der Waals surface area contributed by atoms with Crippen molar-refractivity contribution in [3.8, 4) is 5.75 Å². The number of halogens is 1. The van der Waals surface area contributed by atoms with E-state index in [4.69, 9.17) is 11.6 Å². The van der Waals surface area contributed by atoms with Gasteiger partial charge in [-0.05, 0) is 32.5 Å². The summed E-state index contributed by atoms with van der Waals surface area (Å²) in [5.74, 6) is 0.857. The highest BCUT2D eigenvalue weighted by molar-refractivity contribution is 6.32. The summed E-state index contributed by atoms with van der Waals surface area (Å²) in [6.45, 7) is 6.00. The zero-order chi connectivity index (χ0) is 14.4. The quantitative estimate of drug-likeness (QED) is 0.808. The molecule has 0 bridgehead atoms. The third kappa shape index (κ3) is 5.39. The molecule has 3 nitrogen and oxygen atoms in total. The molecular formula is C15H25ClN2O. The van der Waals surface area contributed by atoms with Crippen LogP contribution in [0.2, 0.25) is 5.02 Å². The van der Waals surface area contributed by atoms with Crippen molar-refractivity contribution < 1.29 is 5.11 Å². The first-order valence-corrected chi connectivity index (χ1v) is 7.13. The van der Waals surface area contributed by atoms with Crippen LogP contribution in [0.15, 0.2) is 18.2 Å². The maximum atomic E-state index is 9.84. The highest BCUT2D eigenvalue weighted by atomic mass is 35.5. The number of likely N-dealkylation sites (N-methyl/N-ethyl adjacent to an activating group) is 1. The molecule has 1 atom stereocenters. The Balaban J connectivity index is 2.50. The minimum Gasteiger partial charge on any atom is -0.506 e. The predicted molar refractivity (Wildman–Crippen MR) is 81.8 cm³/mol. The predicted octanol–water partition coefficient (Wildman–Crippen LogP) is 3.11. The molecule has 0 spiro atoms. The molecule has 0 aliphatic carbocycles. The first-order chi connectivity index (χ1) is 8.91. The molecule has 19 heavy (non-hydrogen) atoms. The second-order valence-electron chi connectivity index (χ2n) is 5.63. The normalized spacial score (nSPS) is 13.2. The smallest absolute Gasteiger partial charge is 0.138 e. The van der Waals surface area contributed by atoms with Crippen LogP contribution in [0.3, 0.4) is 0 Å². The lowest BCUT2D eigenvalue weighted by Crippen LogP contribution is -2.38. The minimum atomic E-state index is 0.182. The highest BCUT2D eigenvalue weighted by Gasteiger charge is 2.13. The molecule has 0 aromatic heterocycles. The third-order valence-electron chi connectivity index (χ3n) is 3.24. The van der Waals surface area contributed by atoms with Crippen LogP contribution in [-0.4, -0.2) is 36.7 Å². The molecule has 0 saturated carbocycles. The van der Waals surface area contributed by atoms with Gasteiger partial charge in [0.05, 0.1) is 5.02 Å². The van der Waals surface area contributed by atoms with Crippen LogP contribution in [0.1, 0.15) is 25.8 Å². The fourth-order valence-electron chi connectivity index (χ4n) is 2.10. The van der Waals surface area contributed by atoms with Crippen molar-refractivity contribution in [1.29, 1.82) is 0 Å². The van der Waals surface area contributed by atoms with Crippen molar-refractivity contribution in [1.82, 2.24) is 10.2 Å². The Morgan fingerprint density at radius 2 is 2.00 bits per heavy atom. The van der Waals surface area contributed by atoms with E-state index in [2.05, 4.69) is 38.2 Å². The average Bonchev–Trinajstić information content (AvgIpc) is 2.32. The second kappa shape index (κ2) is 7.73. The van der Waals surface area contributed by atoms with Crippen LogP contribution in [0, 0.1) is 5.92 Å². The summed E-state index contributed by atoms with van der Waals surface area (Å²) in [6, 6.07) is 5.95. The molecule has 1 rings (SSSR count). The topological polar surface area (TPSA) is 35.5 Å². The van der Waals surface area contributed by atoms with Gasteiger partial charge in [-0.1, -0.05) is 37.6 Å². The van der Waals surface area contributed by atoms with Gasteiger partial charge < -0.3 is 15.3 Å². The van der Waals surface area contributed by atoms with Gasteiger partial charge >= 0.3 is 0 Å². The number of para-hydroxylation sites is 1. The first-order valence-electron chi connectivity index (χ1n) is 6.75. The zero-order valence-corrected chi connectivity index (χ0v) is 13.0. The van der Waals surface area contributed by atoms with Crippen molar-refractivity contribution in [2.24, 2.45) is 5.92 Å². The number of hydrogen-bond acceptors (Lipinski definition) is 3. The number of benzene rings is 1. The van der Waals surface area contributed by atoms with E-state index in [9.17, 15) is 5.11 Å². The van der Waals surface area contributed by atoms with Gasteiger partial charge in [-0.2, -0.15) is 0 Å². The summed E-state index contributed by atoms with van der Waals surface area (Å²) in [5.41, 5.74) is 0.842. The molecule has 0 fully saturated rings. The fraction of sp³-hybridized carbons (Fsp3) is 0.600. The Hall–Kier alpha value is -0.770. The number of nitrogens with one attached hydrogen (secondary N) is 1. The number of hydrogen-bond donors (Lipinski definition) is 2. The number of nitrogens with zero attached hydrogens (tertiary/aromatic N) is 1. The van der Waals surface area contributed by atoms with E-state index in [1.54, 1.807) is 6.07 Å². The average molecular weight is 285 g/mol. The van der Waals surface area contributed by atoms with Gasteiger partial charge in [-0.3, -0.25) is 0 Å². The molecule has 0 saturated heterocycles. The molecule has 108 valence electrons. The molecule has 2 N–H and O–H groups in total. The summed E-state index contributed by atoms with van der Waals surface area (Å²) in [7, 11) is 4.21. The Bertz CT molecular complexity index is 394. The van der Waals surface area contributed by atoms with Crippen molar-refractivity contribution >= 4 is 11.6 Å². The van der Waals surface area contributed by atoms with Crippen LogP contribution in [0.5, 0.6) is 5.75 Å². The summed E-state index contributed by atoms with van der Waals surface area (Å²) >= 11 is 5.89. The van der Waals surface area contributed by atoms with Crippen molar-refractivity contribution in [3.05, 3.63) is 28.8 Å². The summed E-state index contributed by atoms with van der Waals surface area (Å²) < 4.78 is 0. The van der Waals surface area contributed by atoms with E-state index in [0.29, 0.717) is 23.5 Å². The van der Waals surface area contributed by atoms with E-state index in [1.807, 2.05) is 12.1 Å². The number of phenols is 1. The summed E-state index contributed by atoms with van der Waals surface area (Å²) in [6.07, 6.45) is 1.15. The van der Waals surface area contributed by atoms with Gasteiger partial charge in [0.25, 0.3) is 0 Å². The Morgan fingerprint density at radius 1 is 1.32 bits per heavy atom.